The van der Waals surface area contributed by atoms with Gasteiger partial charge in [-0.05, 0) is 117 Å². The predicted octanol–water partition coefficient (Wildman–Crippen LogP) is 10.9. The summed E-state index contributed by atoms with van der Waals surface area (Å²) in [6.07, 6.45) is 4.91. The molecular formula is C54H62O6P+. The van der Waals surface area contributed by atoms with Crippen LogP contribution in [0.4, 0.5) is 0 Å². The second-order valence-electron chi connectivity index (χ2n) is 16.7. The first-order valence-corrected chi connectivity index (χ1v) is 23.6. The van der Waals surface area contributed by atoms with Crippen LogP contribution < -0.4 is 25.4 Å². The van der Waals surface area contributed by atoms with Crippen LogP contribution in [0.15, 0.2) is 170 Å². The zero-order valence-electron chi connectivity index (χ0n) is 36.3. The molecule has 1 aliphatic heterocycles. The van der Waals surface area contributed by atoms with Crippen LogP contribution in [0.5, 0.6) is 11.5 Å². The third kappa shape index (κ3) is 11.8. The van der Waals surface area contributed by atoms with Gasteiger partial charge in [-0.15, -0.1) is 0 Å². The summed E-state index contributed by atoms with van der Waals surface area (Å²) in [6.45, 7) is 6.54. The number of rotatable bonds is 22. The van der Waals surface area contributed by atoms with Crippen LogP contribution >= 0.6 is 7.26 Å². The summed E-state index contributed by atoms with van der Waals surface area (Å²) in [5.74, 6) is 1.66. The van der Waals surface area contributed by atoms with Crippen molar-refractivity contribution in [2.24, 2.45) is 0 Å². The van der Waals surface area contributed by atoms with Gasteiger partial charge in [-0.1, -0.05) is 109 Å². The highest BCUT2D eigenvalue weighted by Gasteiger charge is 2.47. The van der Waals surface area contributed by atoms with Crippen molar-refractivity contribution in [1.29, 1.82) is 0 Å². The van der Waals surface area contributed by atoms with E-state index in [0.29, 0.717) is 26.4 Å². The monoisotopic (exact) mass is 837 g/mol. The van der Waals surface area contributed by atoms with Crippen LogP contribution in [0.2, 0.25) is 0 Å². The zero-order chi connectivity index (χ0) is 42.4. The van der Waals surface area contributed by atoms with E-state index in [1.165, 1.54) is 15.9 Å². The van der Waals surface area contributed by atoms with Crippen molar-refractivity contribution in [2.75, 3.05) is 27.0 Å². The number of hydrogen-bond acceptors (Lipinski definition) is 6. The molecule has 4 atom stereocenters. The molecule has 0 amide bonds. The van der Waals surface area contributed by atoms with Crippen molar-refractivity contribution in [3.8, 4) is 11.5 Å². The Bertz CT molecular complexity index is 2070. The van der Waals surface area contributed by atoms with E-state index < -0.39 is 18.5 Å². The van der Waals surface area contributed by atoms with Crippen LogP contribution in [0, 0.1) is 0 Å². The molecule has 1 saturated heterocycles. The van der Waals surface area contributed by atoms with Crippen LogP contribution in [-0.4, -0.2) is 50.4 Å². The van der Waals surface area contributed by atoms with Crippen molar-refractivity contribution in [2.45, 2.75) is 89.2 Å². The summed E-state index contributed by atoms with van der Waals surface area (Å²) in [5, 5.41) is 4.12. The number of methoxy groups -OCH3 is 2. The van der Waals surface area contributed by atoms with Gasteiger partial charge < -0.3 is 28.4 Å². The van der Waals surface area contributed by atoms with Gasteiger partial charge in [0, 0.05) is 6.42 Å². The minimum Gasteiger partial charge on any atom is -0.497 e. The molecule has 0 spiro atoms. The minimum absolute atomic E-state index is 0.0843. The highest BCUT2D eigenvalue weighted by Crippen LogP contribution is 2.57. The fourth-order valence-corrected chi connectivity index (χ4v) is 13.1. The first-order valence-electron chi connectivity index (χ1n) is 21.7. The Morgan fingerprint density at radius 3 is 1.59 bits per heavy atom. The summed E-state index contributed by atoms with van der Waals surface area (Å²) >= 11 is 0. The van der Waals surface area contributed by atoms with Crippen molar-refractivity contribution in [3.05, 3.63) is 187 Å². The van der Waals surface area contributed by atoms with Crippen molar-refractivity contribution in [3.63, 3.8) is 0 Å². The highest BCUT2D eigenvalue weighted by molar-refractivity contribution is 7.95. The van der Waals surface area contributed by atoms with Gasteiger partial charge in [-0.25, -0.2) is 0 Å². The molecule has 6 aromatic rings. The molecule has 318 valence electrons. The lowest BCUT2D eigenvalue weighted by atomic mass is 9.92. The lowest BCUT2D eigenvalue weighted by Gasteiger charge is -2.36. The quantitative estimate of drug-likeness (QED) is 0.0635. The largest absolute Gasteiger partial charge is 0.497 e. The third-order valence-electron chi connectivity index (χ3n) is 12.2. The van der Waals surface area contributed by atoms with E-state index in [1.54, 1.807) is 14.2 Å². The molecule has 1 aliphatic rings. The van der Waals surface area contributed by atoms with Crippen molar-refractivity contribution in [1.82, 2.24) is 0 Å². The molecule has 6 aromatic carbocycles. The average molecular weight is 838 g/mol. The first-order chi connectivity index (χ1) is 29.8. The molecule has 0 radical (unpaired) electrons. The Labute approximate surface area is 364 Å². The summed E-state index contributed by atoms with van der Waals surface area (Å²) < 4.78 is 38.2. The number of ether oxygens (including phenoxy) is 6. The van der Waals surface area contributed by atoms with Gasteiger partial charge in [0.2, 0.25) is 0 Å². The Balaban J connectivity index is 1.16. The molecule has 6 nitrogen and oxygen atoms in total. The molecule has 0 N–H and O–H groups in total. The van der Waals surface area contributed by atoms with Gasteiger partial charge in [0.25, 0.3) is 0 Å². The Morgan fingerprint density at radius 2 is 1.08 bits per heavy atom. The summed E-state index contributed by atoms with van der Waals surface area (Å²) in [7, 11) is 1.28. The SMILES string of the molecule is COc1ccc(CO[C@H](CC[C@@](C)(CC[P+](c2ccccc2)(c2ccccc2)c2ccccc2)OCc2ccc(OC)cc2)[C@H]2CC[C@](C)(COCc3ccccc3)O2)cc1. The van der Waals surface area contributed by atoms with E-state index in [0.717, 1.165) is 66.5 Å². The Morgan fingerprint density at radius 1 is 0.607 bits per heavy atom. The van der Waals surface area contributed by atoms with E-state index in [-0.39, 0.29) is 12.2 Å². The maximum Gasteiger partial charge on any atom is 0.118 e. The van der Waals surface area contributed by atoms with Gasteiger partial charge >= 0.3 is 0 Å². The van der Waals surface area contributed by atoms with Crippen molar-refractivity contribution >= 4 is 23.2 Å². The molecular weight excluding hydrogens is 776 g/mol. The highest BCUT2D eigenvalue weighted by atomic mass is 31.2. The molecule has 61 heavy (non-hydrogen) atoms. The van der Waals surface area contributed by atoms with Gasteiger partial charge in [-0.3, -0.25) is 0 Å². The maximum atomic E-state index is 7.18. The van der Waals surface area contributed by atoms with Crippen LogP contribution in [0.25, 0.3) is 0 Å². The van der Waals surface area contributed by atoms with E-state index >= 15 is 0 Å². The Kier molecular flexibility index (Phi) is 15.5. The second kappa shape index (κ2) is 21.3. The smallest absolute Gasteiger partial charge is 0.118 e. The second-order valence-corrected chi connectivity index (χ2v) is 20.4. The van der Waals surface area contributed by atoms with Gasteiger partial charge in [0.05, 0.1) is 70.2 Å². The fraction of sp³-hybridized carbons (Fsp3) is 0.333. The third-order valence-corrected chi connectivity index (χ3v) is 16.7. The van der Waals surface area contributed by atoms with Crippen LogP contribution in [-0.2, 0) is 38.8 Å². The molecule has 0 saturated carbocycles. The predicted molar refractivity (Wildman–Crippen MR) is 250 cm³/mol. The molecule has 0 bridgehead atoms. The van der Waals surface area contributed by atoms with Crippen molar-refractivity contribution < 1.29 is 28.4 Å². The average Bonchev–Trinajstić information content (AvgIpc) is 3.71. The molecule has 0 unspecified atom stereocenters. The molecule has 1 fully saturated rings. The van der Waals surface area contributed by atoms with Crippen LogP contribution in [0.1, 0.15) is 62.6 Å². The first kappa shape index (κ1) is 44.3. The summed E-state index contributed by atoms with van der Waals surface area (Å²) in [5.41, 5.74) is 2.47. The fourth-order valence-electron chi connectivity index (χ4n) is 8.54. The maximum absolute atomic E-state index is 7.18. The van der Waals surface area contributed by atoms with Crippen LogP contribution in [0.3, 0.4) is 0 Å². The van der Waals surface area contributed by atoms with Gasteiger partial charge in [0.1, 0.15) is 34.7 Å². The molecule has 1 heterocycles. The Hall–Kier alpha value is -4.81. The summed E-state index contributed by atoms with van der Waals surface area (Å²) in [6, 6.07) is 60.1. The lowest BCUT2D eigenvalue weighted by Crippen LogP contribution is -2.40. The van der Waals surface area contributed by atoms with Gasteiger partial charge in [0.15, 0.2) is 0 Å². The lowest BCUT2D eigenvalue weighted by molar-refractivity contribution is -0.137. The topological polar surface area (TPSA) is 55.4 Å². The standard InChI is InChI=1S/C54H62O6P/c1-53(59-41-45-27-31-47(56-4)32-28-45,37-38-61(48-19-11-6-12-20-48,49-21-13-7-14-22-49)50-23-15-8-16-24-50)35-33-51(58-40-44-25-29-46(55-3)30-26-44)52-34-36-54(2,60-52)42-57-39-43-17-9-5-10-18-43/h5-32,51-52H,33-42H2,1-4H3/q+1/t51-,52-,53+,54-/m1/s1. The number of hydrogen-bond donors (Lipinski definition) is 0. The normalized spacial score (nSPS) is 18.0. The van der Waals surface area contributed by atoms with E-state index in [2.05, 4.69) is 153 Å². The minimum atomic E-state index is -2.11. The van der Waals surface area contributed by atoms with E-state index in [9.17, 15) is 0 Å². The molecule has 0 aliphatic carbocycles. The molecule has 7 rings (SSSR count). The summed E-state index contributed by atoms with van der Waals surface area (Å²) in [4.78, 5) is 0. The molecule has 0 aromatic heterocycles. The van der Waals surface area contributed by atoms with E-state index in [4.69, 9.17) is 28.4 Å². The van der Waals surface area contributed by atoms with E-state index in [1.807, 2.05) is 30.3 Å². The zero-order valence-corrected chi connectivity index (χ0v) is 37.2. The number of benzene rings is 6. The molecule has 7 heteroatoms. The van der Waals surface area contributed by atoms with Gasteiger partial charge in [-0.2, -0.15) is 0 Å².